The van der Waals surface area contributed by atoms with Gasteiger partial charge in [0.2, 0.25) is 0 Å². The largest absolute Gasteiger partial charge is 0.487 e. The average Bonchev–Trinajstić information content (AvgIpc) is 3.03. The van der Waals surface area contributed by atoms with Crippen LogP contribution >= 0.6 is 0 Å². The van der Waals surface area contributed by atoms with Gasteiger partial charge in [-0.25, -0.2) is 0 Å². The highest BCUT2D eigenvalue weighted by Gasteiger charge is 2.23. The molecule has 2 aromatic carbocycles. The molecule has 12 nitrogen and oxygen atoms in total. The molecule has 1 unspecified atom stereocenters. The van der Waals surface area contributed by atoms with Crippen LogP contribution < -0.4 is 18.9 Å². The number of ether oxygens (including phenoxy) is 10. The zero-order valence-corrected chi connectivity index (χ0v) is 23.8. The van der Waals surface area contributed by atoms with Gasteiger partial charge in [0.25, 0.3) is 0 Å². The third-order valence-corrected chi connectivity index (χ3v) is 6.19. The maximum atomic E-state index is 13.4. The van der Waals surface area contributed by atoms with Gasteiger partial charge in [-0.15, -0.1) is 0 Å². The lowest BCUT2D eigenvalue weighted by molar-refractivity contribution is 0.00708. The number of carbonyl (C=O) groups is 1. The van der Waals surface area contributed by atoms with Crippen LogP contribution in [0.4, 0.5) is 0 Å². The Kier molecular flexibility index (Phi) is 14.1. The van der Waals surface area contributed by atoms with Gasteiger partial charge in [0.05, 0.1) is 79.3 Å². The van der Waals surface area contributed by atoms with Crippen molar-refractivity contribution >= 4 is 5.78 Å². The molecular formula is C30H40O12. The summed E-state index contributed by atoms with van der Waals surface area (Å²) in [5.74, 6) is 1.17. The van der Waals surface area contributed by atoms with E-state index in [9.17, 15) is 9.90 Å². The van der Waals surface area contributed by atoms with E-state index < -0.39 is 11.9 Å². The number of ketones is 1. The van der Waals surface area contributed by atoms with Crippen molar-refractivity contribution < 1.29 is 57.3 Å². The predicted molar refractivity (Wildman–Crippen MR) is 149 cm³/mol. The first-order chi connectivity index (χ1) is 20.7. The van der Waals surface area contributed by atoms with E-state index in [0.717, 1.165) is 0 Å². The summed E-state index contributed by atoms with van der Waals surface area (Å²) >= 11 is 0. The molecule has 12 heteroatoms. The fourth-order valence-electron chi connectivity index (χ4n) is 4.06. The summed E-state index contributed by atoms with van der Waals surface area (Å²) < 4.78 is 56.3. The molecule has 42 heavy (non-hydrogen) atoms. The van der Waals surface area contributed by atoms with Gasteiger partial charge in [0.15, 0.2) is 28.8 Å². The molecule has 2 aliphatic heterocycles. The number of hydrogen-bond acceptors (Lipinski definition) is 12. The molecule has 0 spiro atoms. The zero-order chi connectivity index (χ0) is 29.2. The molecule has 0 aliphatic carbocycles. The first-order valence-corrected chi connectivity index (χ1v) is 14.2. The Morgan fingerprint density at radius 2 is 0.833 bits per heavy atom. The van der Waals surface area contributed by atoms with E-state index in [4.69, 9.17) is 47.4 Å². The maximum absolute atomic E-state index is 13.4. The summed E-state index contributed by atoms with van der Waals surface area (Å²) in [7, 11) is 0. The number of benzene rings is 2. The standard InChI is InChI=1S/C30H40O12/c31-29(23-1-3-25-27(21-23)41-19-15-37-11-7-33-5-9-35-13-17-39-25)30(32)24-2-4-26-28(22-24)42-20-16-38-12-8-34-6-10-36-14-18-40-26/h1-4,21-22,29,31H,5-20H2. The normalized spacial score (nSPS) is 19.6. The highest BCUT2D eigenvalue weighted by atomic mass is 16.6. The van der Waals surface area contributed by atoms with E-state index in [1.165, 1.54) is 0 Å². The molecule has 0 bridgehead atoms. The van der Waals surface area contributed by atoms with Crippen molar-refractivity contribution in [1.82, 2.24) is 0 Å². The van der Waals surface area contributed by atoms with Gasteiger partial charge in [-0.2, -0.15) is 0 Å². The number of Topliss-reactive ketones (excluding diaryl/α,β-unsaturated/α-hetero) is 1. The van der Waals surface area contributed by atoms with Crippen LogP contribution in [0.1, 0.15) is 22.0 Å². The van der Waals surface area contributed by atoms with Crippen molar-refractivity contribution in [2.45, 2.75) is 6.10 Å². The van der Waals surface area contributed by atoms with E-state index in [1.807, 2.05) is 0 Å². The SMILES string of the molecule is O=C(c1ccc2c(c1)OCCOCCOCCOCCO2)C(O)c1ccc2c(c1)OCCOCCOCCOCCO2. The number of hydrogen-bond donors (Lipinski definition) is 1. The highest BCUT2D eigenvalue weighted by Crippen LogP contribution is 2.34. The molecular weight excluding hydrogens is 552 g/mol. The van der Waals surface area contributed by atoms with Crippen molar-refractivity contribution in [2.75, 3.05) is 106 Å². The van der Waals surface area contributed by atoms with E-state index in [2.05, 4.69) is 0 Å². The third kappa shape index (κ3) is 10.7. The molecule has 0 fully saturated rings. The van der Waals surface area contributed by atoms with Crippen LogP contribution in [0, 0.1) is 0 Å². The van der Waals surface area contributed by atoms with Gasteiger partial charge in [-0.3, -0.25) is 4.79 Å². The average molecular weight is 593 g/mol. The lowest BCUT2D eigenvalue weighted by Gasteiger charge is -2.17. The molecule has 2 aromatic rings. The fraction of sp³-hybridized carbons (Fsp3) is 0.567. The summed E-state index contributed by atoms with van der Waals surface area (Å²) in [4.78, 5) is 13.4. The van der Waals surface area contributed by atoms with Crippen LogP contribution in [-0.4, -0.2) is 117 Å². The van der Waals surface area contributed by atoms with Gasteiger partial charge in [-0.1, -0.05) is 6.07 Å². The smallest absolute Gasteiger partial charge is 0.195 e. The Hall–Kier alpha value is -2.97. The number of aliphatic hydroxyl groups excluding tert-OH is 1. The van der Waals surface area contributed by atoms with Crippen molar-refractivity contribution in [1.29, 1.82) is 0 Å². The molecule has 1 N–H and O–H groups in total. The monoisotopic (exact) mass is 592 g/mol. The van der Waals surface area contributed by atoms with Crippen molar-refractivity contribution in [3.8, 4) is 23.0 Å². The Morgan fingerprint density at radius 1 is 0.476 bits per heavy atom. The predicted octanol–water partition coefficient (Wildman–Crippen LogP) is 2.24. The third-order valence-electron chi connectivity index (χ3n) is 6.19. The summed E-state index contributed by atoms with van der Waals surface area (Å²) in [6.07, 6.45) is -1.45. The minimum atomic E-state index is -1.45. The van der Waals surface area contributed by atoms with Crippen molar-refractivity contribution in [2.24, 2.45) is 0 Å². The molecule has 0 aromatic heterocycles. The number of aliphatic hydroxyl groups is 1. The molecule has 232 valence electrons. The van der Waals surface area contributed by atoms with E-state index in [-0.39, 0.29) is 18.8 Å². The van der Waals surface area contributed by atoms with E-state index in [1.54, 1.807) is 36.4 Å². The molecule has 0 saturated carbocycles. The quantitative estimate of drug-likeness (QED) is 0.525. The van der Waals surface area contributed by atoms with Crippen LogP contribution in [-0.2, 0) is 28.4 Å². The van der Waals surface area contributed by atoms with Crippen LogP contribution in [0.15, 0.2) is 36.4 Å². The fourth-order valence-corrected chi connectivity index (χ4v) is 4.06. The topological polar surface area (TPSA) is 130 Å². The zero-order valence-electron chi connectivity index (χ0n) is 23.8. The van der Waals surface area contributed by atoms with Crippen LogP contribution in [0.5, 0.6) is 23.0 Å². The van der Waals surface area contributed by atoms with Crippen molar-refractivity contribution in [3.63, 3.8) is 0 Å². The molecule has 0 saturated heterocycles. The van der Waals surface area contributed by atoms with Crippen LogP contribution in [0.3, 0.4) is 0 Å². The van der Waals surface area contributed by atoms with Gasteiger partial charge >= 0.3 is 0 Å². The molecule has 1 atom stereocenters. The molecule has 0 radical (unpaired) electrons. The van der Waals surface area contributed by atoms with Gasteiger partial charge in [0, 0.05) is 5.56 Å². The first-order valence-electron chi connectivity index (χ1n) is 14.2. The van der Waals surface area contributed by atoms with Crippen LogP contribution in [0.2, 0.25) is 0 Å². The Labute approximate surface area is 245 Å². The first kappa shape index (κ1) is 32.0. The molecule has 0 amide bonds. The number of rotatable bonds is 3. The lowest BCUT2D eigenvalue weighted by Crippen LogP contribution is -2.15. The van der Waals surface area contributed by atoms with Gasteiger partial charge in [0.1, 0.15) is 32.5 Å². The Balaban J connectivity index is 1.45. The van der Waals surface area contributed by atoms with E-state index >= 15 is 0 Å². The number of carbonyl (C=O) groups excluding carboxylic acids is 1. The second-order valence-electron chi connectivity index (χ2n) is 9.20. The summed E-state index contributed by atoms with van der Waals surface area (Å²) in [6.45, 7) is 6.19. The summed E-state index contributed by atoms with van der Waals surface area (Å²) in [5.41, 5.74) is 0.612. The van der Waals surface area contributed by atoms with Gasteiger partial charge < -0.3 is 52.5 Å². The Morgan fingerprint density at radius 3 is 1.29 bits per heavy atom. The summed E-state index contributed by atoms with van der Waals surface area (Å²) in [5, 5.41) is 11.1. The lowest BCUT2D eigenvalue weighted by atomic mass is 9.99. The van der Waals surface area contributed by atoms with Crippen molar-refractivity contribution in [3.05, 3.63) is 47.5 Å². The number of fused-ring (bicyclic) bond motifs is 2. The second kappa shape index (κ2) is 18.5. The summed E-state index contributed by atoms with van der Waals surface area (Å²) in [6, 6.07) is 9.70. The second-order valence-corrected chi connectivity index (χ2v) is 9.20. The highest BCUT2D eigenvalue weighted by molar-refractivity contribution is 6.00. The molecule has 2 aliphatic rings. The van der Waals surface area contributed by atoms with Crippen LogP contribution in [0.25, 0.3) is 0 Å². The van der Waals surface area contributed by atoms with Gasteiger partial charge in [-0.05, 0) is 35.9 Å². The van der Waals surface area contributed by atoms with E-state index in [0.29, 0.717) is 121 Å². The molecule has 4 rings (SSSR count). The maximum Gasteiger partial charge on any atom is 0.195 e. The molecule has 2 heterocycles. The minimum Gasteiger partial charge on any atom is -0.487 e. The minimum absolute atomic E-state index is 0.247. The Bertz CT molecular complexity index is 1080.